The number of anilines is 1. The number of nitrogens with zero attached hydrogens (tertiary/aromatic N) is 2. The Morgan fingerprint density at radius 3 is 2.77 bits per heavy atom. The van der Waals surface area contributed by atoms with Crippen LogP contribution in [0.15, 0.2) is 6.20 Å². The average molecular weight is 324 g/mol. The first kappa shape index (κ1) is 16.7. The Morgan fingerprint density at radius 2 is 2.14 bits per heavy atom. The van der Waals surface area contributed by atoms with Crippen LogP contribution < -0.4 is 10.6 Å². The Hall–Kier alpha value is -1.63. The summed E-state index contributed by atoms with van der Waals surface area (Å²) < 4.78 is 6.75. The van der Waals surface area contributed by atoms with E-state index in [1.54, 1.807) is 17.8 Å². The maximum atomic E-state index is 12.0. The molecule has 0 aromatic carbocycles. The van der Waals surface area contributed by atoms with E-state index in [1.807, 2.05) is 6.92 Å². The zero-order chi connectivity index (χ0) is 15.9. The highest BCUT2D eigenvalue weighted by molar-refractivity contribution is 7.80. The SMILES string of the molecule is CCOC(=O)c1cn(CC)nc1NC(=S)NC1CCCCC1. The summed E-state index contributed by atoms with van der Waals surface area (Å²) in [5.41, 5.74) is 0.413. The van der Waals surface area contributed by atoms with E-state index in [9.17, 15) is 4.79 Å². The molecule has 1 aromatic heterocycles. The third-order valence-electron chi connectivity index (χ3n) is 3.75. The number of thiocarbonyl (C=S) groups is 1. The summed E-state index contributed by atoms with van der Waals surface area (Å²) in [5, 5.41) is 11.2. The van der Waals surface area contributed by atoms with E-state index in [1.165, 1.54) is 19.3 Å². The van der Waals surface area contributed by atoms with Gasteiger partial charge in [-0.05, 0) is 38.9 Å². The lowest BCUT2D eigenvalue weighted by molar-refractivity contribution is 0.0527. The molecule has 0 saturated heterocycles. The van der Waals surface area contributed by atoms with E-state index >= 15 is 0 Å². The number of aromatic nitrogens is 2. The number of hydrogen-bond donors (Lipinski definition) is 2. The smallest absolute Gasteiger partial charge is 0.343 e. The molecule has 0 spiro atoms. The quantitative estimate of drug-likeness (QED) is 0.641. The van der Waals surface area contributed by atoms with Gasteiger partial charge in [0.2, 0.25) is 0 Å². The van der Waals surface area contributed by atoms with Crippen LogP contribution in [0.5, 0.6) is 0 Å². The molecule has 0 aliphatic heterocycles. The zero-order valence-electron chi connectivity index (χ0n) is 13.2. The molecule has 1 aliphatic carbocycles. The highest BCUT2D eigenvalue weighted by atomic mass is 32.1. The van der Waals surface area contributed by atoms with E-state index in [0.717, 1.165) is 12.8 Å². The van der Waals surface area contributed by atoms with E-state index in [4.69, 9.17) is 17.0 Å². The van der Waals surface area contributed by atoms with E-state index in [2.05, 4.69) is 15.7 Å². The first-order valence-electron chi connectivity index (χ1n) is 7.96. The lowest BCUT2D eigenvalue weighted by Crippen LogP contribution is -2.39. The van der Waals surface area contributed by atoms with Gasteiger partial charge < -0.3 is 15.4 Å². The molecule has 2 rings (SSSR count). The molecule has 1 saturated carbocycles. The highest BCUT2D eigenvalue weighted by Gasteiger charge is 2.19. The van der Waals surface area contributed by atoms with Gasteiger partial charge in [0.1, 0.15) is 5.56 Å². The lowest BCUT2D eigenvalue weighted by Gasteiger charge is -2.24. The fourth-order valence-electron chi connectivity index (χ4n) is 2.61. The highest BCUT2D eigenvalue weighted by Crippen LogP contribution is 2.18. The molecule has 0 amide bonds. The molecule has 1 aliphatic rings. The number of ether oxygens (including phenoxy) is 1. The number of carbonyl (C=O) groups excluding carboxylic acids is 1. The van der Waals surface area contributed by atoms with E-state index in [-0.39, 0.29) is 5.97 Å². The molecule has 0 atom stereocenters. The van der Waals surface area contributed by atoms with Gasteiger partial charge in [0.25, 0.3) is 0 Å². The monoisotopic (exact) mass is 324 g/mol. The van der Waals surface area contributed by atoms with Gasteiger partial charge in [0.15, 0.2) is 10.9 Å². The van der Waals surface area contributed by atoms with Crippen molar-refractivity contribution in [2.45, 2.75) is 58.5 Å². The van der Waals surface area contributed by atoms with Crippen LogP contribution in [-0.2, 0) is 11.3 Å². The minimum atomic E-state index is -0.384. The van der Waals surface area contributed by atoms with Gasteiger partial charge >= 0.3 is 5.97 Å². The van der Waals surface area contributed by atoms with Gasteiger partial charge in [0.05, 0.1) is 6.61 Å². The fraction of sp³-hybridized carbons (Fsp3) is 0.667. The molecule has 0 radical (unpaired) electrons. The maximum Gasteiger partial charge on any atom is 0.343 e. The van der Waals surface area contributed by atoms with Crippen molar-refractivity contribution in [3.8, 4) is 0 Å². The molecular weight excluding hydrogens is 300 g/mol. The predicted octanol–water partition coefficient (Wildman–Crippen LogP) is 2.70. The summed E-state index contributed by atoms with van der Waals surface area (Å²) >= 11 is 5.35. The summed E-state index contributed by atoms with van der Waals surface area (Å²) in [4.78, 5) is 12.0. The van der Waals surface area contributed by atoms with Crippen LogP contribution >= 0.6 is 12.2 Å². The third kappa shape index (κ3) is 4.43. The standard InChI is InChI=1S/C15H24N4O2S/c1-3-19-10-12(14(20)21-4-2)13(18-19)17-15(22)16-11-8-6-5-7-9-11/h10-11H,3-9H2,1-2H3,(H2,16,17,18,22). The molecule has 6 nitrogen and oxygen atoms in total. The number of rotatable bonds is 5. The van der Waals surface area contributed by atoms with Crippen molar-refractivity contribution in [2.24, 2.45) is 0 Å². The van der Waals surface area contributed by atoms with Gasteiger partial charge in [-0.3, -0.25) is 4.68 Å². The van der Waals surface area contributed by atoms with Gasteiger partial charge in [-0.2, -0.15) is 5.10 Å². The minimum absolute atomic E-state index is 0.334. The molecule has 1 heterocycles. The van der Waals surface area contributed by atoms with Crippen molar-refractivity contribution < 1.29 is 9.53 Å². The van der Waals surface area contributed by atoms with E-state index in [0.29, 0.717) is 35.7 Å². The molecule has 2 N–H and O–H groups in total. The number of nitrogens with one attached hydrogen (secondary N) is 2. The second-order valence-electron chi connectivity index (χ2n) is 5.40. The Bertz CT molecular complexity index is 524. The normalized spacial score (nSPS) is 15.4. The third-order valence-corrected chi connectivity index (χ3v) is 3.97. The minimum Gasteiger partial charge on any atom is -0.462 e. The molecule has 0 unspecified atom stereocenters. The first-order chi connectivity index (χ1) is 10.6. The van der Waals surface area contributed by atoms with Crippen molar-refractivity contribution in [1.29, 1.82) is 0 Å². The molecule has 122 valence electrons. The van der Waals surface area contributed by atoms with Crippen LogP contribution in [0.3, 0.4) is 0 Å². The lowest BCUT2D eigenvalue weighted by atomic mass is 9.96. The van der Waals surface area contributed by atoms with Crippen LogP contribution in [-0.4, -0.2) is 33.5 Å². The van der Waals surface area contributed by atoms with E-state index < -0.39 is 0 Å². The van der Waals surface area contributed by atoms with Crippen LogP contribution in [0, 0.1) is 0 Å². The van der Waals surface area contributed by atoms with Crippen molar-refractivity contribution in [3.63, 3.8) is 0 Å². The number of esters is 1. The summed E-state index contributed by atoms with van der Waals surface area (Å²) in [6.07, 6.45) is 7.72. The molecule has 1 fully saturated rings. The Balaban J connectivity index is 2.02. The summed E-state index contributed by atoms with van der Waals surface area (Å²) in [7, 11) is 0. The topological polar surface area (TPSA) is 68.2 Å². The number of hydrogen-bond acceptors (Lipinski definition) is 4. The second kappa shape index (κ2) is 8.12. The summed E-state index contributed by atoms with van der Waals surface area (Å²) in [6, 6.07) is 0.410. The molecule has 22 heavy (non-hydrogen) atoms. The Labute approximate surface area is 136 Å². The van der Waals surface area contributed by atoms with Crippen molar-refractivity contribution >= 4 is 29.1 Å². The maximum absolute atomic E-state index is 12.0. The largest absolute Gasteiger partial charge is 0.462 e. The van der Waals surface area contributed by atoms with Crippen LogP contribution in [0.1, 0.15) is 56.3 Å². The van der Waals surface area contributed by atoms with Gasteiger partial charge in [0, 0.05) is 18.8 Å². The van der Waals surface area contributed by atoms with Crippen molar-refractivity contribution in [2.75, 3.05) is 11.9 Å². The van der Waals surface area contributed by atoms with Crippen LogP contribution in [0.2, 0.25) is 0 Å². The first-order valence-corrected chi connectivity index (χ1v) is 8.37. The van der Waals surface area contributed by atoms with Gasteiger partial charge in [-0.1, -0.05) is 19.3 Å². The Kier molecular flexibility index (Phi) is 6.18. The average Bonchev–Trinajstić information content (AvgIpc) is 2.91. The van der Waals surface area contributed by atoms with Gasteiger partial charge in [-0.25, -0.2) is 4.79 Å². The molecule has 0 bridgehead atoms. The second-order valence-corrected chi connectivity index (χ2v) is 5.81. The number of aryl methyl sites for hydroxylation is 1. The Morgan fingerprint density at radius 1 is 1.41 bits per heavy atom. The predicted molar refractivity (Wildman–Crippen MR) is 90.1 cm³/mol. The molecule has 1 aromatic rings. The molecule has 7 heteroatoms. The van der Waals surface area contributed by atoms with Crippen molar-refractivity contribution in [3.05, 3.63) is 11.8 Å². The summed E-state index contributed by atoms with van der Waals surface area (Å²) in [6.45, 7) is 4.76. The number of carbonyl (C=O) groups is 1. The zero-order valence-corrected chi connectivity index (χ0v) is 14.0. The van der Waals surface area contributed by atoms with Crippen LogP contribution in [0.25, 0.3) is 0 Å². The van der Waals surface area contributed by atoms with Crippen LogP contribution in [0.4, 0.5) is 5.82 Å². The van der Waals surface area contributed by atoms with Gasteiger partial charge in [-0.15, -0.1) is 0 Å². The fourth-order valence-corrected chi connectivity index (χ4v) is 2.87. The molecular formula is C15H24N4O2S. The summed E-state index contributed by atoms with van der Waals surface area (Å²) in [5.74, 6) is 0.0683. The van der Waals surface area contributed by atoms with Crippen molar-refractivity contribution in [1.82, 2.24) is 15.1 Å².